The average Bonchev–Trinajstić information content (AvgIpc) is 3.22. The SMILES string of the molecule is CCSC1(C(=O)N[C@@H]2CCOC[C@@H]2NC(=O)[C@H]2CCCN2C(C)=O)CC1. The van der Waals surface area contributed by atoms with Crippen molar-refractivity contribution in [3.05, 3.63) is 0 Å². The number of rotatable bonds is 6. The number of thioether (sulfide) groups is 1. The van der Waals surface area contributed by atoms with Gasteiger partial charge >= 0.3 is 0 Å². The van der Waals surface area contributed by atoms with Crippen LogP contribution in [0.5, 0.6) is 0 Å². The van der Waals surface area contributed by atoms with E-state index in [0.717, 1.165) is 25.0 Å². The summed E-state index contributed by atoms with van der Waals surface area (Å²) in [4.78, 5) is 38.7. The molecule has 7 nitrogen and oxygen atoms in total. The van der Waals surface area contributed by atoms with E-state index in [0.29, 0.717) is 32.6 Å². The minimum atomic E-state index is -0.406. The topological polar surface area (TPSA) is 87.7 Å². The van der Waals surface area contributed by atoms with Crippen molar-refractivity contribution in [2.24, 2.45) is 0 Å². The van der Waals surface area contributed by atoms with Gasteiger partial charge in [-0.2, -0.15) is 0 Å². The van der Waals surface area contributed by atoms with Crippen molar-refractivity contribution in [3.8, 4) is 0 Å². The Balaban J connectivity index is 1.59. The van der Waals surface area contributed by atoms with Crippen molar-refractivity contribution >= 4 is 29.5 Å². The molecule has 0 unspecified atom stereocenters. The van der Waals surface area contributed by atoms with Gasteiger partial charge < -0.3 is 20.3 Å². The molecule has 26 heavy (non-hydrogen) atoms. The molecule has 2 heterocycles. The summed E-state index contributed by atoms with van der Waals surface area (Å²) in [5, 5.41) is 6.18. The molecule has 2 saturated heterocycles. The molecule has 0 spiro atoms. The lowest BCUT2D eigenvalue weighted by atomic mass is 10.0. The van der Waals surface area contributed by atoms with Gasteiger partial charge in [0, 0.05) is 20.1 Å². The van der Waals surface area contributed by atoms with Gasteiger partial charge in [0.2, 0.25) is 17.7 Å². The molecule has 3 aliphatic rings. The Kier molecular flexibility index (Phi) is 6.12. The predicted molar refractivity (Wildman–Crippen MR) is 99.8 cm³/mol. The second-order valence-electron chi connectivity index (χ2n) is 7.36. The minimum Gasteiger partial charge on any atom is -0.379 e. The van der Waals surface area contributed by atoms with E-state index in [9.17, 15) is 14.4 Å². The van der Waals surface area contributed by atoms with Crippen LogP contribution in [-0.4, -0.2) is 71.0 Å². The van der Waals surface area contributed by atoms with Crippen molar-refractivity contribution in [2.45, 2.75) is 68.8 Å². The van der Waals surface area contributed by atoms with Gasteiger partial charge in [0.25, 0.3) is 0 Å². The van der Waals surface area contributed by atoms with Crippen molar-refractivity contribution in [3.63, 3.8) is 0 Å². The highest BCUT2D eigenvalue weighted by Gasteiger charge is 2.51. The molecule has 0 aromatic carbocycles. The van der Waals surface area contributed by atoms with E-state index in [2.05, 4.69) is 17.6 Å². The van der Waals surface area contributed by atoms with Crippen LogP contribution in [0.15, 0.2) is 0 Å². The molecule has 0 aromatic heterocycles. The van der Waals surface area contributed by atoms with E-state index in [1.54, 1.807) is 16.7 Å². The third kappa shape index (κ3) is 4.17. The number of likely N-dealkylation sites (tertiary alicyclic amines) is 1. The van der Waals surface area contributed by atoms with Gasteiger partial charge in [0.1, 0.15) is 6.04 Å². The number of hydrogen-bond acceptors (Lipinski definition) is 5. The van der Waals surface area contributed by atoms with Crippen LogP contribution in [-0.2, 0) is 19.1 Å². The first kappa shape index (κ1) is 19.5. The van der Waals surface area contributed by atoms with Crippen molar-refractivity contribution < 1.29 is 19.1 Å². The first-order valence-corrected chi connectivity index (χ1v) is 10.6. The minimum absolute atomic E-state index is 0.0698. The molecule has 3 rings (SSSR count). The molecule has 8 heteroatoms. The van der Waals surface area contributed by atoms with E-state index in [-0.39, 0.29) is 34.6 Å². The first-order valence-electron chi connectivity index (χ1n) is 9.57. The summed E-state index contributed by atoms with van der Waals surface area (Å²) >= 11 is 1.71. The molecule has 0 radical (unpaired) electrons. The summed E-state index contributed by atoms with van der Waals surface area (Å²) in [6.45, 7) is 5.16. The third-order valence-electron chi connectivity index (χ3n) is 5.50. The van der Waals surface area contributed by atoms with E-state index in [1.165, 1.54) is 6.92 Å². The zero-order valence-corrected chi connectivity index (χ0v) is 16.4. The fraction of sp³-hybridized carbons (Fsp3) is 0.833. The standard InChI is InChI=1S/C18H29N3O4S/c1-3-26-18(7-8-18)17(24)20-13-6-10-25-11-14(13)19-16(23)15-5-4-9-21(15)12(2)22/h13-15H,3-11H2,1-2H3,(H,19,23)(H,20,24)/t13-,14+,15-/m1/s1. The molecule has 3 atom stereocenters. The predicted octanol–water partition coefficient (Wildman–Crippen LogP) is 0.673. The lowest BCUT2D eigenvalue weighted by molar-refractivity contribution is -0.137. The summed E-state index contributed by atoms with van der Waals surface area (Å²) < 4.78 is 5.26. The molecule has 3 fully saturated rings. The maximum atomic E-state index is 12.7. The molecule has 1 aliphatic carbocycles. The van der Waals surface area contributed by atoms with E-state index in [4.69, 9.17) is 4.74 Å². The fourth-order valence-corrected chi connectivity index (χ4v) is 5.01. The molecular weight excluding hydrogens is 354 g/mol. The number of nitrogens with zero attached hydrogens (tertiary/aromatic N) is 1. The second kappa shape index (κ2) is 8.17. The Hall–Kier alpha value is -1.28. The van der Waals surface area contributed by atoms with Gasteiger partial charge in [-0.15, -0.1) is 11.8 Å². The molecule has 3 amide bonds. The maximum Gasteiger partial charge on any atom is 0.243 e. The monoisotopic (exact) mass is 383 g/mol. The highest BCUT2D eigenvalue weighted by molar-refractivity contribution is 8.01. The van der Waals surface area contributed by atoms with Gasteiger partial charge in [-0.05, 0) is 37.9 Å². The Bertz CT molecular complexity index is 567. The van der Waals surface area contributed by atoms with E-state index < -0.39 is 6.04 Å². The van der Waals surface area contributed by atoms with Gasteiger partial charge in [-0.1, -0.05) is 6.92 Å². The van der Waals surface area contributed by atoms with E-state index >= 15 is 0 Å². The van der Waals surface area contributed by atoms with Gasteiger partial charge in [-0.3, -0.25) is 14.4 Å². The number of nitrogens with one attached hydrogen (secondary N) is 2. The lowest BCUT2D eigenvalue weighted by Crippen LogP contribution is -2.60. The van der Waals surface area contributed by atoms with Crippen LogP contribution < -0.4 is 10.6 Å². The molecular formula is C18H29N3O4S. The van der Waals surface area contributed by atoms with Crippen molar-refractivity contribution in [1.82, 2.24) is 15.5 Å². The second-order valence-corrected chi connectivity index (χ2v) is 9.00. The molecule has 146 valence electrons. The molecule has 0 aromatic rings. The number of amides is 3. The van der Waals surface area contributed by atoms with Crippen molar-refractivity contribution in [1.29, 1.82) is 0 Å². The lowest BCUT2D eigenvalue weighted by Gasteiger charge is -2.35. The fourth-order valence-electron chi connectivity index (χ4n) is 3.87. The summed E-state index contributed by atoms with van der Waals surface area (Å²) in [6, 6.07) is -0.782. The number of ether oxygens (including phenoxy) is 1. The highest BCUT2D eigenvalue weighted by atomic mass is 32.2. The van der Waals surface area contributed by atoms with Crippen LogP contribution in [0.1, 0.15) is 46.0 Å². The van der Waals surface area contributed by atoms with Crippen LogP contribution in [0.25, 0.3) is 0 Å². The molecule has 1 saturated carbocycles. The molecule has 2 N–H and O–H groups in total. The quantitative estimate of drug-likeness (QED) is 0.704. The Morgan fingerprint density at radius 1 is 1.19 bits per heavy atom. The highest BCUT2D eigenvalue weighted by Crippen LogP contribution is 2.48. The average molecular weight is 384 g/mol. The van der Waals surface area contributed by atoms with Crippen LogP contribution in [0.4, 0.5) is 0 Å². The van der Waals surface area contributed by atoms with Crippen LogP contribution in [0, 0.1) is 0 Å². The summed E-state index contributed by atoms with van der Waals surface area (Å²) in [5.74, 6) is 0.794. The first-order chi connectivity index (χ1) is 12.5. The van der Waals surface area contributed by atoms with Gasteiger partial charge in [0.15, 0.2) is 0 Å². The number of carbonyl (C=O) groups excluding carboxylic acids is 3. The summed E-state index contributed by atoms with van der Waals surface area (Å²) in [7, 11) is 0. The smallest absolute Gasteiger partial charge is 0.243 e. The zero-order chi connectivity index (χ0) is 18.7. The number of carbonyl (C=O) groups is 3. The van der Waals surface area contributed by atoms with Crippen LogP contribution in [0.2, 0.25) is 0 Å². The Morgan fingerprint density at radius 3 is 2.62 bits per heavy atom. The summed E-state index contributed by atoms with van der Waals surface area (Å²) in [5.41, 5.74) is 0. The van der Waals surface area contributed by atoms with Gasteiger partial charge in [0.05, 0.1) is 23.4 Å². The summed E-state index contributed by atoms with van der Waals surface area (Å²) in [6.07, 6.45) is 4.06. The third-order valence-corrected chi connectivity index (χ3v) is 6.93. The zero-order valence-electron chi connectivity index (χ0n) is 15.6. The molecule has 0 bridgehead atoms. The largest absolute Gasteiger partial charge is 0.379 e. The van der Waals surface area contributed by atoms with Crippen LogP contribution in [0.3, 0.4) is 0 Å². The van der Waals surface area contributed by atoms with Gasteiger partial charge in [-0.25, -0.2) is 0 Å². The Labute approximate surface area is 159 Å². The maximum absolute atomic E-state index is 12.7. The van der Waals surface area contributed by atoms with E-state index in [1.807, 2.05) is 0 Å². The number of hydrogen-bond donors (Lipinski definition) is 2. The van der Waals surface area contributed by atoms with Crippen LogP contribution >= 0.6 is 11.8 Å². The normalized spacial score (nSPS) is 29.9. The Morgan fingerprint density at radius 2 is 1.96 bits per heavy atom. The van der Waals surface area contributed by atoms with Crippen molar-refractivity contribution in [2.75, 3.05) is 25.5 Å². The molecule has 2 aliphatic heterocycles.